The molecule has 0 radical (unpaired) electrons. The van der Waals surface area contributed by atoms with Gasteiger partial charge in [0.2, 0.25) is 0 Å². The van der Waals surface area contributed by atoms with Crippen molar-refractivity contribution in [3.63, 3.8) is 0 Å². The maximum absolute atomic E-state index is 2.41. The molecule has 0 saturated heterocycles. The molecule has 0 N–H and O–H groups in total. The van der Waals surface area contributed by atoms with Crippen LogP contribution in [0.15, 0.2) is 22.3 Å². The largest absolute Gasteiger partial charge is 0.0627 e. The lowest BCUT2D eigenvalue weighted by atomic mass is 9.82. The Kier molecular flexibility index (Phi) is 2.04. The summed E-state index contributed by atoms with van der Waals surface area (Å²) in [4.78, 5) is 0. The Hall–Kier alpha value is -0.520. The fourth-order valence-corrected chi connectivity index (χ4v) is 3.76. The van der Waals surface area contributed by atoms with E-state index in [-0.39, 0.29) is 0 Å². The minimum absolute atomic E-state index is 0.895. The van der Waals surface area contributed by atoms with Crippen LogP contribution in [0.1, 0.15) is 58.3 Å². The average molecular weight is 188 g/mol. The first-order valence-corrected chi connectivity index (χ1v) is 6.30. The third-order valence-corrected chi connectivity index (χ3v) is 4.46. The van der Waals surface area contributed by atoms with E-state index in [2.05, 4.69) is 6.92 Å². The van der Waals surface area contributed by atoms with Crippen molar-refractivity contribution < 1.29 is 0 Å². The molecule has 0 aromatic heterocycles. The van der Waals surface area contributed by atoms with Gasteiger partial charge in [-0.1, -0.05) is 17.6 Å². The Bertz CT molecular complexity index is 317. The quantitative estimate of drug-likeness (QED) is 0.529. The monoisotopic (exact) mass is 188 g/mol. The van der Waals surface area contributed by atoms with E-state index in [0.717, 1.165) is 5.92 Å². The summed E-state index contributed by atoms with van der Waals surface area (Å²) in [7, 11) is 0. The van der Waals surface area contributed by atoms with Crippen LogP contribution in [0.2, 0.25) is 0 Å². The van der Waals surface area contributed by atoms with Gasteiger partial charge < -0.3 is 0 Å². The van der Waals surface area contributed by atoms with Crippen molar-refractivity contribution >= 4 is 0 Å². The number of rotatable bonds is 0. The zero-order valence-corrected chi connectivity index (χ0v) is 9.23. The van der Waals surface area contributed by atoms with Gasteiger partial charge in [0.15, 0.2) is 0 Å². The first-order valence-electron chi connectivity index (χ1n) is 6.30. The van der Waals surface area contributed by atoms with Crippen molar-refractivity contribution in [2.45, 2.75) is 58.3 Å². The molecule has 14 heavy (non-hydrogen) atoms. The van der Waals surface area contributed by atoms with Gasteiger partial charge in [-0.25, -0.2) is 0 Å². The van der Waals surface area contributed by atoms with E-state index >= 15 is 0 Å². The Morgan fingerprint density at radius 1 is 0.857 bits per heavy atom. The molecule has 3 aliphatic carbocycles. The van der Waals surface area contributed by atoms with Crippen LogP contribution in [-0.4, -0.2) is 0 Å². The van der Waals surface area contributed by atoms with Gasteiger partial charge in [0.25, 0.3) is 0 Å². The van der Waals surface area contributed by atoms with Gasteiger partial charge >= 0.3 is 0 Å². The van der Waals surface area contributed by atoms with Crippen LogP contribution in [-0.2, 0) is 0 Å². The van der Waals surface area contributed by atoms with Crippen LogP contribution in [0, 0.1) is 5.92 Å². The summed E-state index contributed by atoms with van der Waals surface area (Å²) in [5, 5.41) is 0. The Labute approximate surface area is 87.1 Å². The topological polar surface area (TPSA) is 0 Å². The molecule has 1 unspecified atom stereocenters. The molecule has 0 bridgehead atoms. The van der Waals surface area contributed by atoms with E-state index in [1.165, 1.54) is 51.4 Å². The highest BCUT2D eigenvalue weighted by Crippen LogP contribution is 2.49. The number of hydrogen-bond donors (Lipinski definition) is 0. The minimum atomic E-state index is 0.895. The summed E-state index contributed by atoms with van der Waals surface area (Å²) in [6.45, 7) is 2.41. The van der Waals surface area contributed by atoms with E-state index in [9.17, 15) is 0 Å². The molecule has 0 heteroatoms. The maximum Gasteiger partial charge on any atom is 0.00160 e. The molecule has 0 aliphatic heterocycles. The summed E-state index contributed by atoms with van der Waals surface area (Å²) < 4.78 is 0. The van der Waals surface area contributed by atoms with Crippen LogP contribution in [0.25, 0.3) is 0 Å². The van der Waals surface area contributed by atoms with Crippen LogP contribution >= 0.6 is 0 Å². The van der Waals surface area contributed by atoms with Crippen molar-refractivity contribution in [2.75, 3.05) is 0 Å². The fourth-order valence-electron chi connectivity index (χ4n) is 3.76. The lowest BCUT2D eigenvalue weighted by molar-refractivity contribution is 0.505. The lowest BCUT2D eigenvalue weighted by Crippen LogP contribution is -2.08. The minimum Gasteiger partial charge on any atom is -0.0627 e. The van der Waals surface area contributed by atoms with Gasteiger partial charge in [0, 0.05) is 5.92 Å². The second-order valence-corrected chi connectivity index (χ2v) is 5.17. The molecule has 2 saturated carbocycles. The molecule has 3 rings (SSSR count). The second-order valence-electron chi connectivity index (χ2n) is 5.17. The molecule has 0 heterocycles. The first-order chi connectivity index (χ1) is 6.88. The van der Waals surface area contributed by atoms with E-state index in [4.69, 9.17) is 0 Å². The molecule has 0 aromatic rings. The molecule has 0 nitrogen and oxygen atoms in total. The summed E-state index contributed by atoms with van der Waals surface area (Å²) in [6, 6.07) is 0. The predicted molar refractivity (Wildman–Crippen MR) is 60.2 cm³/mol. The zero-order chi connectivity index (χ0) is 9.54. The predicted octanol–water partition coefficient (Wildman–Crippen LogP) is 4.38. The molecule has 1 atom stereocenters. The van der Waals surface area contributed by atoms with Crippen LogP contribution in [0.5, 0.6) is 0 Å². The average Bonchev–Trinajstić information content (AvgIpc) is 2.55. The van der Waals surface area contributed by atoms with Crippen molar-refractivity contribution in [3.05, 3.63) is 22.3 Å². The van der Waals surface area contributed by atoms with E-state index in [1.807, 2.05) is 11.1 Å². The highest BCUT2D eigenvalue weighted by molar-refractivity contribution is 5.50. The molecular weight excluding hydrogens is 168 g/mol. The first kappa shape index (κ1) is 8.76. The molecule has 76 valence electrons. The van der Waals surface area contributed by atoms with Gasteiger partial charge in [-0.05, 0) is 63.0 Å². The lowest BCUT2D eigenvalue weighted by Gasteiger charge is -2.23. The van der Waals surface area contributed by atoms with Gasteiger partial charge in [-0.2, -0.15) is 0 Å². The van der Waals surface area contributed by atoms with Crippen LogP contribution in [0.4, 0.5) is 0 Å². The number of hydrogen-bond acceptors (Lipinski definition) is 0. The Morgan fingerprint density at radius 2 is 1.57 bits per heavy atom. The molecule has 0 aromatic carbocycles. The highest BCUT2D eigenvalue weighted by Gasteiger charge is 2.33. The molecule has 0 amide bonds. The SMILES string of the molecule is CC1=C2CCCCC2=C2CCCCC12. The van der Waals surface area contributed by atoms with Gasteiger partial charge in [0.1, 0.15) is 0 Å². The summed E-state index contributed by atoms with van der Waals surface area (Å²) in [5.41, 5.74) is 7.23. The van der Waals surface area contributed by atoms with Crippen molar-refractivity contribution in [1.82, 2.24) is 0 Å². The van der Waals surface area contributed by atoms with Gasteiger partial charge in [-0.3, -0.25) is 0 Å². The molecular formula is C14H20. The van der Waals surface area contributed by atoms with E-state index in [1.54, 1.807) is 11.1 Å². The Morgan fingerprint density at radius 3 is 2.43 bits per heavy atom. The summed E-state index contributed by atoms with van der Waals surface area (Å²) in [5.74, 6) is 0.895. The van der Waals surface area contributed by atoms with Crippen molar-refractivity contribution in [1.29, 1.82) is 0 Å². The molecule has 2 fully saturated rings. The molecule has 3 aliphatic rings. The van der Waals surface area contributed by atoms with E-state index in [0.29, 0.717) is 0 Å². The van der Waals surface area contributed by atoms with Crippen molar-refractivity contribution in [2.24, 2.45) is 5.92 Å². The maximum atomic E-state index is 2.41. The van der Waals surface area contributed by atoms with Gasteiger partial charge in [-0.15, -0.1) is 0 Å². The normalized spacial score (nSPS) is 31.9. The number of fused-ring (bicyclic) bond motifs is 2. The standard InChI is InChI=1S/C14H20/c1-10-11-6-2-4-8-13(11)14-9-5-3-7-12(10)14/h11H,2-9H2,1H3. The Balaban J connectivity index is 2.03. The van der Waals surface area contributed by atoms with Crippen LogP contribution < -0.4 is 0 Å². The summed E-state index contributed by atoms with van der Waals surface area (Å²) in [6.07, 6.45) is 11.5. The smallest absolute Gasteiger partial charge is 0.00160 e. The third kappa shape index (κ3) is 1.12. The fraction of sp³-hybridized carbons (Fsp3) is 0.714. The highest BCUT2D eigenvalue weighted by atomic mass is 14.4. The van der Waals surface area contributed by atoms with Crippen LogP contribution in [0.3, 0.4) is 0 Å². The van der Waals surface area contributed by atoms with E-state index < -0.39 is 0 Å². The zero-order valence-electron chi connectivity index (χ0n) is 9.23. The van der Waals surface area contributed by atoms with Gasteiger partial charge in [0.05, 0.1) is 0 Å². The number of allylic oxidation sites excluding steroid dienone is 4. The molecule has 0 spiro atoms. The third-order valence-electron chi connectivity index (χ3n) is 4.46. The van der Waals surface area contributed by atoms with Crippen molar-refractivity contribution in [3.8, 4) is 0 Å². The second kappa shape index (κ2) is 3.25. The summed E-state index contributed by atoms with van der Waals surface area (Å²) >= 11 is 0.